The minimum absolute atomic E-state index is 0.00123. The first-order valence-electron chi connectivity index (χ1n) is 13.2. The van der Waals surface area contributed by atoms with Crippen molar-refractivity contribution in [1.82, 2.24) is 10.2 Å². The van der Waals surface area contributed by atoms with Gasteiger partial charge in [-0.15, -0.1) is 0 Å². The molecule has 0 unspecified atom stereocenters. The highest BCUT2D eigenvalue weighted by Gasteiger charge is 2.33. The zero-order valence-corrected chi connectivity index (χ0v) is 25.4. The van der Waals surface area contributed by atoms with E-state index in [1.807, 2.05) is 13.8 Å². The number of rotatable bonds is 13. The van der Waals surface area contributed by atoms with Gasteiger partial charge in [-0.2, -0.15) is 0 Å². The largest absolute Gasteiger partial charge is 0.493 e. The first-order chi connectivity index (χ1) is 19.5. The lowest BCUT2D eigenvalue weighted by atomic mass is 10.1. The Morgan fingerprint density at radius 1 is 0.927 bits per heavy atom. The summed E-state index contributed by atoms with van der Waals surface area (Å²) >= 11 is 6.41. The third kappa shape index (κ3) is 7.71. The number of benzene rings is 3. The van der Waals surface area contributed by atoms with E-state index in [9.17, 15) is 18.0 Å². The average Bonchev–Trinajstić information content (AvgIpc) is 2.98. The van der Waals surface area contributed by atoms with Crippen molar-refractivity contribution in [2.45, 2.75) is 50.7 Å². The van der Waals surface area contributed by atoms with E-state index in [2.05, 4.69) is 5.32 Å². The number of nitrogens with one attached hydrogen (secondary N) is 1. The van der Waals surface area contributed by atoms with Crippen LogP contribution in [0, 0.1) is 0 Å². The molecule has 2 amide bonds. The molecule has 0 radical (unpaired) electrons. The third-order valence-electron chi connectivity index (χ3n) is 6.73. The van der Waals surface area contributed by atoms with E-state index in [0.29, 0.717) is 28.5 Å². The van der Waals surface area contributed by atoms with Crippen LogP contribution in [-0.4, -0.2) is 58.0 Å². The molecule has 11 heteroatoms. The monoisotopic (exact) mass is 601 g/mol. The molecule has 0 saturated heterocycles. The van der Waals surface area contributed by atoms with Gasteiger partial charge in [-0.1, -0.05) is 54.9 Å². The van der Waals surface area contributed by atoms with Crippen LogP contribution in [0.15, 0.2) is 77.7 Å². The minimum atomic E-state index is -4.21. The van der Waals surface area contributed by atoms with Gasteiger partial charge in [0, 0.05) is 23.7 Å². The molecule has 1 N–H and O–H groups in total. The van der Waals surface area contributed by atoms with Crippen LogP contribution in [0.3, 0.4) is 0 Å². The predicted octanol–water partition coefficient (Wildman–Crippen LogP) is 4.88. The molecule has 3 rings (SSSR count). The highest BCUT2D eigenvalue weighted by molar-refractivity contribution is 7.92. The number of ether oxygens (including phenoxy) is 2. The van der Waals surface area contributed by atoms with Gasteiger partial charge in [-0.25, -0.2) is 8.42 Å². The Labute approximate surface area is 247 Å². The first-order valence-corrected chi connectivity index (χ1v) is 15.0. The van der Waals surface area contributed by atoms with Crippen LogP contribution in [0.4, 0.5) is 5.69 Å². The second kappa shape index (κ2) is 14.2. The molecule has 9 nitrogen and oxygen atoms in total. The lowest BCUT2D eigenvalue weighted by Crippen LogP contribution is -2.52. The Hall–Kier alpha value is -3.76. The number of amides is 2. The minimum Gasteiger partial charge on any atom is -0.493 e. The number of methoxy groups -OCH3 is 2. The van der Waals surface area contributed by atoms with Crippen LogP contribution in [0.25, 0.3) is 0 Å². The lowest BCUT2D eigenvalue weighted by Gasteiger charge is -2.32. The highest BCUT2D eigenvalue weighted by Crippen LogP contribution is 2.34. The van der Waals surface area contributed by atoms with Gasteiger partial charge < -0.3 is 19.7 Å². The highest BCUT2D eigenvalue weighted by atomic mass is 35.5. The van der Waals surface area contributed by atoms with Gasteiger partial charge in [0.2, 0.25) is 11.8 Å². The molecule has 0 fully saturated rings. The number of nitrogens with zero attached hydrogens (tertiary/aromatic N) is 2. The topological polar surface area (TPSA) is 105 Å². The molecule has 0 aliphatic carbocycles. The predicted molar refractivity (Wildman–Crippen MR) is 160 cm³/mol. The van der Waals surface area contributed by atoms with Crippen molar-refractivity contribution in [2.24, 2.45) is 0 Å². The summed E-state index contributed by atoms with van der Waals surface area (Å²) in [7, 11) is -1.31. The second-order valence-electron chi connectivity index (χ2n) is 9.47. The van der Waals surface area contributed by atoms with E-state index in [1.54, 1.807) is 55.5 Å². The number of sulfonamides is 1. The summed E-state index contributed by atoms with van der Waals surface area (Å²) in [5.41, 5.74) is 0.809. The second-order valence-corrected chi connectivity index (χ2v) is 11.7. The molecular weight excluding hydrogens is 566 g/mol. The molecule has 0 heterocycles. The van der Waals surface area contributed by atoms with Crippen molar-refractivity contribution in [3.05, 3.63) is 83.4 Å². The van der Waals surface area contributed by atoms with Gasteiger partial charge in [0.25, 0.3) is 10.0 Å². The molecule has 3 aromatic rings. The normalized spacial score (nSPS) is 12.6. The maximum Gasteiger partial charge on any atom is 0.264 e. The maximum atomic E-state index is 14.0. The molecular formula is C30H36ClN3O6S. The standard InChI is InChI=1S/C30H36ClN3O6S/c1-6-21(2)32-30(36)22(3)33(19-23-12-10-11-15-26(23)31)29(35)20-34(41(37,38)25-13-8-7-9-14-25)24-16-17-27(39-4)28(18-24)40-5/h7-18,21-22H,6,19-20H2,1-5H3,(H,32,36)/t21-,22-/m0/s1. The summed E-state index contributed by atoms with van der Waals surface area (Å²) in [4.78, 5) is 28.5. The summed E-state index contributed by atoms with van der Waals surface area (Å²) in [5, 5.41) is 3.33. The molecule has 0 bridgehead atoms. The van der Waals surface area contributed by atoms with Gasteiger partial charge in [-0.3, -0.25) is 13.9 Å². The van der Waals surface area contributed by atoms with Crippen molar-refractivity contribution < 1.29 is 27.5 Å². The van der Waals surface area contributed by atoms with E-state index in [1.165, 1.54) is 43.4 Å². The Kier molecular flexibility index (Phi) is 11.0. The lowest BCUT2D eigenvalue weighted by molar-refractivity contribution is -0.139. The van der Waals surface area contributed by atoms with E-state index in [0.717, 1.165) is 4.31 Å². The fourth-order valence-corrected chi connectivity index (χ4v) is 5.71. The van der Waals surface area contributed by atoms with Crippen LogP contribution in [0.5, 0.6) is 11.5 Å². The van der Waals surface area contributed by atoms with Crippen molar-refractivity contribution in [3.8, 4) is 11.5 Å². The van der Waals surface area contributed by atoms with E-state index in [4.69, 9.17) is 21.1 Å². The number of hydrogen-bond acceptors (Lipinski definition) is 6. The summed E-state index contributed by atoms with van der Waals surface area (Å²) < 4.78 is 39.6. The average molecular weight is 602 g/mol. The molecule has 220 valence electrons. The Morgan fingerprint density at radius 2 is 1.56 bits per heavy atom. The van der Waals surface area contributed by atoms with E-state index < -0.39 is 28.5 Å². The molecule has 2 atom stereocenters. The Morgan fingerprint density at radius 3 is 2.17 bits per heavy atom. The van der Waals surface area contributed by atoms with E-state index in [-0.39, 0.29) is 29.1 Å². The van der Waals surface area contributed by atoms with Gasteiger partial charge in [0.1, 0.15) is 12.6 Å². The van der Waals surface area contributed by atoms with Crippen LogP contribution < -0.4 is 19.1 Å². The Balaban J connectivity index is 2.08. The van der Waals surface area contributed by atoms with Crippen LogP contribution >= 0.6 is 11.6 Å². The summed E-state index contributed by atoms with van der Waals surface area (Å²) in [6.07, 6.45) is 0.708. The van der Waals surface area contributed by atoms with Crippen LogP contribution in [0.1, 0.15) is 32.8 Å². The van der Waals surface area contributed by atoms with Gasteiger partial charge in [-0.05, 0) is 56.2 Å². The number of hydrogen-bond donors (Lipinski definition) is 1. The molecule has 0 aromatic heterocycles. The van der Waals surface area contributed by atoms with E-state index >= 15 is 0 Å². The molecule has 0 aliphatic rings. The Bertz CT molecular complexity index is 1450. The van der Waals surface area contributed by atoms with Gasteiger partial charge >= 0.3 is 0 Å². The molecule has 3 aromatic carbocycles. The van der Waals surface area contributed by atoms with Crippen LogP contribution in [0.2, 0.25) is 5.02 Å². The summed E-state index contributed by atoms with van der Waals surface area (Å²) in [5.74, 6) is -0.260. The van der Waals surface area contributed by atoms with Crippen molar-refractivity contribution in [1.29, 1.82) is 0 Å². The number of halogens is 1. The van der Waals surface area contributed by atoms with Gasteiger partial charge in [0.05, 0.1) is 24.8 Å². The van der Waals surface area contributed by atoms with Crippen molar-refractivity contribution >= 4 is 39.1 Å². The zero-order chi connectivity index (χ0) is 30.2. The fraction of sp³-hybridized carbons (Fsp3) is 0.333. The smallest absolute Gasteiger partial charge is 0.264 e. The van der Waals surface area contributed by atoms with Gasteiger partial charge in [0.15, 0.2) is 11.5 Å². The zero-order valence-electron chi connectivity index (χ0n) is 23.8. The third-order valence-corrected chi connectivity index (χ3v) is 8.89. The maximum absolute atomic E-state index is 14.0. The number of anilines is 1. The fourth-order valence-electron chi connectivity index (χ4n) is 4.09. The molecule has 41 heavy (non-hydrogen) atoms. The quantitative estimate of drug-likeness (QED) is 0.299. The molecule has 0 aliphatic heterocycles. The summed E-state index contributed by atoms with van der Waals surface area (Å²) in [6.45, 7) is 4.84. The molecule has 0 spiro atoms. The summed E-state index contributed by atoms with van der Waals surface area (Å²) in [6, 6.07) is 18.4. The SMILES string of the molecule is CC[C@H](C)NC(=O)[C@H](C)N(Cc1ccccc1Cl)C(=O)CN(c1ccc(OC)c(OC)c1)S(=O)(=O)c1ccccc1. The van der Waals surface area contributed by atoms with Crippen molar-refractivity contribution in [3.63, 3.8) is 0 Å². The number of carbonyl (C=O) groups excluding carboxylic acids is 2. The first kappa shape index (κ1) is 31.8. The van der Waals surface area contributed by atoms with Crippen LogP contribution in [-0.2, 0) is 26.2 Å². The van der Waals surface area contributed by atoms with Crippen molar-refractivity contribution in [2.75, 3.05) is 25.1 Å². The number of carbonyl (C=O) groups is 2. The molecule has 0 saturated carbocycles.